The molecule has 1 aromatic carbocycles. The number of nitrogens with one attached hydrogen (secondary N) is 1. The first-order chi connectivity index (χ1) is 9.24. The summed E-state index contributed by atoms with van der Waals surface area (Å²) in [4.78, 5) is 4.16. The molecule has 1 unspecified atom stereocenters. The van der Waals surface area contributed by atoms with Crippen molar-refractivity contribution in [2.24, 2.45) is 0 Å². The SMILES string of the molecule is Fc1ccc(Cn2cncc2C2CCCN2)cc1F. The molecule has 1 atom stereocenters. The van der Waals surface area contributed by atoms with Crippen LogP contribution in [0.5, 0.6) is 0 Å². The lowest BCUT2D eigenvalue weighted by molar-refractivity contribution is 0.505. The number of aromatic nitrogens is 2. The summed E-state index contributed by atoms with van der Waals surface area (Å²) in [5.41, 5.74) is 1.83. The van der Waals surface area contributed by atoms with E-state index in [4.69, 9.17) is 0 Å². The predicted molar refractivity (Wildman–Crippen MR) is 67.7 cm³/mol. The summed E-state index contributed by atoms with van der Waals surface area (Å²) < 4.78 is 28.1. The Bertz CT molecular complexity index is 574. The molecule has 1 saturated heterocycles. The van der Waals surface area contributed by atoms with E-state index in [0.29, 0.717) is 12.6 Å². The van der Waals surface area contributed by atoms with E-state index < -0.39 is 11.6 Å². The van der Waals surface area contributed by atoms with E-state index >= 15 is 0 Å². The van der Waals surface area contributed by atoms with Gasteiger partial charge < -0.3 is 9.88 Å². The highest BCUT2D eigenvalue weighted by molar-refractivity contribution is 5.19. The molecule has 0 saturated carbocycles. The minimum atomic E-state index is -0.813. The largest absolute Gasteiger partial charge is 0.329 e. The summed E-state index contributed by atoms with van der Waals surface area (Å²) in [7, 11) is 0. The first-order valence-corrected chi connectivity index (χ1v) is 6.41. The Hall–Kier alpha value is -1.75. The molecule has 0 amide bonds. The average Bonchev–Trinajstić information content (AvgIpc) is 3.04. The summed E-state index contributed by atoms with van der Waals surface area (Å²) >= 11 is 0. The van der Waals surface area contributed by atoms with Gasteiger partial charge in [0.05, 0.1) is 12.0 Å². The minimum absolute atomic E-state index is 0.313. The number of nitrogens with zero attached hydrogens (tertiary/aromatic N) is 2. The lowest BCUT2D eigenvalue weighted by Crippen LogP contribution is -2.17. The van der Waals surface area contributed by atoms with Gasteiger partial charge in [-0.15, -0.1) is 0 Å². The molecule has 1 aliphatic heterocycles. The molecule has 2 heterocycles. The fourth-order valence-corrected chi connectivity index (χ4v) is 2.52. The Morgan fingerprint density at radius 2 is 2.21 bits per heavy atom. The van der Waals surface area contributed by atoms with Crippen molar-refractivity contribution in [1.82, 2.24) is 14.9 Å². The Labute approximate surface area is 110 Å². The van der Waals surface area contributed by atoms with Crippen molar-refractivity contribution in [2.45, 2.75) is 25.4 Å². The molecule has 0 radical (unpaired) electrons. The van der Waals surface area contributed by atoms with E-state index in [1.807, 2.05) is 10.8 Å². The standard InChI is InChI=1S/C14H15F2N3/c15-11-4-3-10(6-12(11)16)8-19-9-17-7-14(19)13-2-1-5-18-13/h3-4,6-7,9,13,18H,1-2,5,8H2. The smallest absolute Gasteiger partial charge is 0.159 e. The first kappa shape index (κ1) is 12.3. The van der Waals surface area contributed by atoms with Crippen LogP contribution >= 0.6 is 0 Å². The molecule has 100 valence electrons. The molecule has 2 aromatic rings. The van der Waals surface area contributed by atoms with Crippen molar-refractivity contribution in [3.8, 4) is 0 Å². The second kappa shape index (κ2) is 5.09. The van der Waals surface area contributed by atoms with Gasteiger partial charge in [-0.1, -0.05) is 6.07 Å². The van der Waals surface area contributed by atoms with E-state index in [1.54, 1.807) is 12.4 Å². The van der Waals surface area contributed by atoms with Crippen LogP contribution in [-0.2, 0) is 6.54 Å². The number of rotatable bonds is 3. The lowest BCUT2D eigenvalue weighted by Gasteiger charge is -2.14. The first-order valence-electron chi connectivity index (χ1n) is 6.41. The van der Waals surface area contributed by atoms with Crippen LogP contribution in [0.3, 0.4) is 0 Å². The van der Waals surface area contributed by atoms with Gasteiger partial charge in [-0.25, -0.2) is 13.8 Å². The molecule has 5 heteroatoms. The normalized spacial score (nSPS) is 18.9. The molecule has 1 aromatic heterocycles. The Balaban J connectivity index is 1.83. The second-order valence-electron chi connectivity index (χ2n) is 4.84. The van der Waals surface area contributed by atoms with Gasteiger partial charge in [-0.3, -0.25) is 0 Å². The van der Waals surface area contributed by atoms with Crippen LogP contribution in [0.4, 0.5) is 8.78 Å². The van der Waals surface area contributed by atoms with E-state index in [2.05, 4.69) is 10.3 Å². The minimum Gasteiger partial charge on any atom is -0.329 e. The molecule has 1 fully saturated rings. The third-order valence-electron chi connectivity index (χ3n) is 3.50. The van der Waals surface area contributed by atoms with Crippen molar-refractivity contribution in [3.63, 3.8) is 0 Å². The third kappa shape index (κ3) is 2.51. The number of hydrogen-bond donors (Lipinski definition) is 1. The summed E-state index contributed by atoms with van der Waals surface area (Å²) in [5, 5.41) is 3.41. The molecule has 3 rings (SSSR count). The summed E-state index contributed by atoms with van der Waals surface area (Å²) in [6, 6.07) is 4.31. The number of benzene rings is 1. The predicted octanol–water partition coefficient (Wildman–Crippen LogP) is 2.63. The average molecular weight is 263 g/mol. The molecule has 1 aliphatic rings. The van der Waals surface area contributed by atoms with E-state index in [-0.39, 0.29) is 0 Å². The Morgan fingerprint density at radius 1 is 1.32 bits per heavy atom. The zero-order valence-corrected chi connectivity index (χ0v) is 10.4. The van der Waals surface area contributed by atoms with Crippen LogP contribution in [0, 0.1) is 11.6 Å². The van der Waals surface area contributed by atoms with E-state index in [1.165, 1.54) is 6.07 Å². The highest BCUT2D eigenvalue weighted by atomic mass is 19.2. The maximum Gasteiger partial charge on any atom is 0.159 e. The van der Waals surface area contributed by atoms with Crippen molar-refractivity contribution in [1.29, 1.82) is 0 Å². The highest BCUT2D eigenvalue weighted by Gasteiger charge is 2.19. The maximum absolute atomic E-state index is 13.2. The van der Waals surface area contributed by atoms with Gasteiger partial charge in [-0.05, 0) is 37.1 Å². The van der Waals surface area contributed by atoms with Crippen LogP contribution < -0.4 is 5.32 Å². The molecule has 0 spiro atoms. The van der Waals surface area contributed by atoms with Gasteiger partial charge in [-0.2, -0.15) is 0 Å². The number of imidazole rings is 1. The zero-order chi connectivity index (χ0) is 13.2. The Morgan fingerprint density at radius 3 is 2.95 bits per heavy atom. The zero-order valence-electron chi connectivity index (χ0n) is 10.4. The van der Waals surface area contributed by atoms with Gasteiger partial charge >= 0.3 is 0 Å². The fraction of sp³-hybridized carbons (Fsp3) is 0.357. The molecule has 3 nitrogen and oxygen atoms in total. The van der Waals surface area contributed by atoms with Gasteiger partial charge in [0.2, 0.25) is 0 Å². The van der Waals surface area contributed by atoms with Gasteiger partial charge in [0.1, 0.15) is 0 Å². The summed E-state index contributed by atoms with van der Waals surface area (Å²) in [6.45, 7) is 1.52. The van der Waals surface area contributed by atoms with Crippen molar-refractivity contribution < 1.29 is 8.78 Å². The molecule has 0 aliphatic carbocycles. The van der Waals surface area contributed by atoms with E-state index in [0.717, 1.165) is 36.7 Å². The number of halogens is 2. The van der Waals surface area contributed by atoms with Crippen LogP contribution in [0.1, 0.15) is 30.1 Å². The summed E-state index contributed by atoms with van der Waals surface area (Å²) in [6.07, 6.45) is 5.81. The van der Waals surface area contributed by atoms with Crippen LogP contribution in [0.2, 0.25) is 0 Å². The summed E-state index contributed by atoms with van der Waals surface area (Å²) in [5.74, 6) is -1.62. The van der Waals surface area contributed by atoms with Crippen LogP contribution in [-0.4, -0.2) is 16.1 Å². The van der Waals surface area contributed by atoms with Crippen molar-refractivity contribution in [3.05, 3.63) is 53.6 Å². The fourth-order valence-electron chi connectivity index (χ4n) is 2.52. The number of hydrogen-bond acceptors (Lipinski definition) is 2. The lowest BCUT2D eigenvalue weighted by atomic mass is 10.1. The second-order valence-corrected chi connectivity index (χ2v) is 4.84. The molecule has 0 bridgehead atoms. The molecular formula is C14H15F2N3. The highest BCUT2D eigenvalue weighted by Crippen LogP contribution is 2.23. The Kier molecular flexibility index (Phi) is 3.29. The molecule has 1 N–H and O–H groups in total. The van der Waals surface area contributed by atoms with Gasteiger partial charge in [0, 0.05) is 18.8 Å². The molecule has 19 heavy (non-hydrogen) atoms. The molecular weight excluding hydrogens is 248 g/mol. The van der Waals surface area contributed by atoms with Gasteiger partial charge in [0.15, 0.2) is 11.6 Å². The van der Waals surface area contributed by atoms with Crippen LogP contribution in [0.25, 0.3) is 0 Å². The monoisotopic (exact) mass is 263 g/mol. The van der Waals surface area contributed by atoms with Gasteiger partial charge in [0.25, 0.3) is 0 Å². The maximum atomic E-state index is 13.2. The van der Waals surface area contributed by atoms with Crippen molar-refractivity contribution >= 4 is 0 Å². The third-order valence-corrected chi connectivity index (χ3v) is 3.50. The van der Waals surface area contributed by atoms with E-state index in [9.17, 15) is 8.78 Å². The quantitative estimate of drug-likeness (QED) is 0.922. The van der Waals surface area contributed by atoms with Crippen molar-refractivity contribution in [2.75, 3.05) is 6.54 Å². The van der Waals surface area contributed by atoms with Crippen LogP contribution in [0.15, 0.2) is 30.7 Å². The topological polar surface area (TPSA) is 29.9 Å².